The van der Waals surface area contributed by atoms with Gasteiger partial charge in [-0.15, -0.1) is 12.4 Å². The fraction of sp³-hybridized carbons (Fsp3) is 0.714. The lowest BCUT2D eigenvalue weighted by molar-refractivity contribution is -0.131. The third-order valence-electron chi connectivity index (χ3n) is 3.72. The first-order chi connectivity index (χ1) is 10.5. The second-order valence-electron chi connectivity index (χ2n) is 6.15. The summed E-state index contributed by atoms with van der Waals surface area (Å²) in [5.74, 6) is 0.0356. The molecule has 1 rings (SSSR count). The normalized spacial score (nSPS) is 14.1. The molecular weight excluding hydrogens is 354 g/mol. The number of likely N-dealkylation sites (N-methyl/N-ethyl adjacent to an activating group) is 1. The van der Waals surface area contributed by atoms with Crippen LogP contribution in [-0.4, -0.2) is 54.7 Å². The second-order valence-corrected chi connectivity index (χ2v) is 7.86. The molecule has 1 aromatic heterocycles. The van der Waals surface area contributed by atoms with Crippen molar-refractivity contribution in [3.63, 3.8) is 0 Å². The van der Waals surface area contributed by atoms with Gasteiger partial charge in [0.1, 0.15) is 4.90 Å². The highest BCUT2D eigenvalue weighted by Gasteiger charge is 2.25. The number of rotatable bonds is 8. The number of aromatic nitrogens is 2. The Hall–Kier alpha value is -1.16. The zero-order valence-corrected chi connectivity index (χ0v) is 16.4. The SMILES string of the molecule is CC(NS(=O)(=O)c1cnn(C)c1)C(=O)N(C)CCC(N)C(C)C.Cl. The van der Waals surface area contributed by atoms with E-state index in [9.17, 15) is 13.2 Å². The smallest absolute Gasteiger partial charge is 0.244 e. The number of hydrogen-bond donors (Lipinski definition) is 2. The third kappa shape index (κ3) is 6.39. The van der Waals surface area contributed by atoms with Crippen molar-refractivity contribution in [3.8, 4) is 0 Å². The van der Waals surface area contributed by atoms with Crippen molar-refractivity contribution >= 4 is 28.3 Å². The van der Waals surface area contributed by atoms with Crippen molar-refractivity contribution in [2.45, 2.75) is 44.2 Å². The lowest BCUT2D eigenvalue weighted by Crippen LogP contribution is -2.46. The summed E-state index contributed by atoms with van der Waals surface area (Å²) in [7, 11) is -0.500. The van der Waals surface area contributed by atoms with E-state index < -0.39 is 16.1 Å². The Kier molecular flexibility index (Phi) is 8.90. The molecule has 0 aliphatic heterocycles. The minimum absolute atomic E-state index is 0. The number of nitrogens with two attached hydrogens (primary N) is 1. The van der Waals surface area contributed by atoms with Crippen LogP contribution in [-0.2, 0) is 21.9 Å². The Labute approximate surface area is 150 Å². The number of nitrogens with zero attached hydrogens (tertiary/aromatic N) is 3. The molecule has 1 amide bonds. The standard InChI is InChI=1S/C14H27N5O3S.ClH/c1-10(2)13(15)6-7-18(4)14(20)11(3)17-23(21,22)12-8-16-19(5)9-12;/h8-11,13,17H,6-7,15H2,1-5H3;1H. The van der Waals surface area contributed by atoms with Gasteiger partial charge in [-0.3, -0.25) is 9.48 Å². The van der Waals surface area contributed by atoms with Gasteiger partial charge in [0.15, 0.2) is 0 Å². The summed E-state index contributed by atoms with van der Waals surface area (Å²) in [6.45, 7) is 6.06. The molecule has 0 fully saturated rings. The summed E-state index contributed by atoms with van der Waals surface area (Å²) in [5, 5.41) is 3.82. The second kappa shape index (κ2) is 9.36. The molecule has 2 unspecified atom stereocenters. The summed E-state index contributed by atoms with van der Waals surface area (Å²) >= 11 is 0. The van der Waals surface area contributed by atoms with Gasteiger partial charge in [0, 0.05) is 32.9 Å². The molecule has 10 heteroatoms. The Morgan fingerprint density at radius 2 is 2.00 bits per heavy atom. The molecule has 1 heterocycles. The Bertz CT molecular complexity index is 632. The molecule has 0 bridgehead atoms. The number of hydrogen-bond acceptors (Lipinski definition) is 5. The van der Waals surface area contributed by atoms with Crippen molar-refractivity contribution in [2.24, 2.45) is 18.7 Å². The largest absolute Gasteiger partial charge is 0.344 e. The molecule has 0 saturated carbocycles. The highest BCUT2D eigenvalue weighted by molar-refractivity contribution is 7.89. The number of halogens is 1. The molecule has 1 aromatic rings. The summed E-state index contributed by atoms with van der Waals surface area (Å²) in [6.07, 6.45) is 3.29. The van der Waals surface area contributed by atoms with Crippen LogP contribution in [0.4, 0.5) is 0 Å². The summed E-state index contributed by atoms with van der Waals surface area (Å²) in [6, 6.07) is -0.854. The summed E-state index contributed by atoms with van der Waals surface area (Å²) < 4.78 is 28.1. The maximum absolute atomic E-state index is 12.3. The first-order valence-electron chi connectivity index (χ1n) is 7.56. The van der Waals surface area contributed by atoms with Crippen LogP contribution in [0.3, 0.4) is 0 Å². The van der Waals surface area contributed by atoms with E-state index in [0.717, 1.165) is 0 Å². The Morgan fingerprint density at radius 1 is 1.42 bits per heavy atom. The van der Waals surface area contributed by atoms with Crippen LogP contribution in [0.2, 0.25) is 0 Å². The predicted octanol–water partition coefficient (Wildman–Crippen LogP) is 0.341. The van der Waals surface area contributed by atoms with Gasteiger partial charge in [0.25, 0.3) is 0 Å². The fourth-order valence-electron chi connectivity index (χ4n) is 2.01. The first-order valence-corrected chi connectivity index (χ1v) is 9.04. The molecule has 0 aromatic carbocycles. The topological polar surface area (TPSA) is 110 Å². The highest BCUT2D eigenvalue weighted by Crippen LogP contribution is 2.08. The van der Waals surface area contributed by atoms with Gasteiger partial charge < -0.3 is 10.6 Å². The van der Waals surface area contributed by atoms with E-state index in [0.29, 0.717) is 18.9 Å². The third-order valence-corrected chi connectivity index (χ3v) is 5.22. The average Bonchev–Trinajstić information content (AvgIpc) is 2.90. The molecule has 0 radical (unpaired) electrons. The molecule has 2 atom stereocenters. The van der Waals surface area contributed by atoms with Crippen LogP contribution in [0.25, 0.3) is 0 Å². The van der Waals surface area contributed by atoms with Crippen LogP contribution < -0.4 is 10.5 Å². The molecule has 140 valence electrons. The van der Waals surface area contributed by atoms with Crippen LogP contribution in [0.1, 0.15) is 27.2 Å². The minimum atomic E-state index is -3.77. The summed E-state index contributed by atoms with van der Waals surface area (Å²) in [5.41, 5.74) is 5.96. The van der Waals surface area contributed by atoms with Crippen LogP contribution in [0.5, 0.6) is 0 Å². The molecule has 0 aliphatic carbocycles. The van der Waals surface area contributed by atoms with E-state index in [1.54, 1.807) is 14.1 Å². The van der Waals surface area contributed by atoms with Gasteiger partial charge in [-0.1, -0.05) is 13.8 Å². The van der Waals surface area contributed by atoms with Crippen molar-refractivity contribution in [1.82, 2.24) is 19.4 Å². The number of carbonyl (C=O) groups is 1. The van der Waals surface area contributed by atoms with Gasteiger partial charge in [0.05, 0.1) is 12.2 Å². The van der Waals surface area contributed by atoms with Crippen molar-refractivity contribution in [3.05, 3.63) is 12.4 Å². The van der Waals surface area contributed by atoms with E-state index in [4.69, 9.17) is 5.73 Å². The lowest BCUT2D eigenvalue weighted by atomic mass is 10.0. The van der Waals surface area contributed by atoms with Crippen LogP contribution >= 0.6 is 12.4 Å². The lowest BCUT2D eigenvalue weighted by Gasteiger charge is -2.24. The fourth-order valence-corrected chi connectivity index (χ4v) is 3.19. The molecule has 3 N–H and O–H groups in total. The van der Waals surface area contributed by atoms with Gasteiger partial charge in [-0.25, -0.2) is 8.42 Å². The monoisotopic (exact) mass is 381 g/mol. The zero-order chi connectivity index (χ0) is 17.8. The molecule has 8 nitrogen and oxygen atoms in total. The van der Waals surface area contributed by atoms with Gasteiger partial charge in [0.2, 0.25) is 15.9 Å². The quantitative estimate of drug-likeness (QED) is 0.674. The molecule has 0 aliphatic rings. The van der Waals surface area contributed by atoms with Crippen molar-refractivity contribution < 1.29 is 13.2 Å². The zero-order valence-electron chi connectivity index (χ0n) is 14.8. The summed E-state index contributed by atoms with van der Waals surface area (Å²) in [4.78, 5) is 13.8. The molecule has 0 spiro atoms. The highest BCUT2D eigenvalue weighted by atomic mass is 35.5. The van der Waals surface area contributed by atoms with Crippen molar-refractivity contribution in [1.29, 1.82) is 0 Å². The van der Waals surface area contributed by atoms with Gasteiger partial charge in [-0.2, -0.15) is 9.82 Å². The molecular formula is C14H28ClN5O3S. The first kappa shape index (κ1) is 22.8. The Morgan fingerprint density at radius 3 is 2.46 bits per heavy atom. The van der Waals surface area contributed by atoms with E-state index >= 15 is 0 Å². The van der Waals surface area contributed by atoms with E-state index in [-0.39, 0.29) is 29.3 Å². The number of carbonyl (C=O) groups excluding carboxylic acids is 1. The van der Waals surface area contributed by atoms with Crippen molar-refractivity contribution in [2.75, 3.05) is 13.6 Å². The van der Waals surface area contributed by atoms with Crippen LogP contribution in [0, 0.1) is 5.92 Å². The van der Waals surface area contributed by atoms with E-state index in [2.05, 4.69) is 9.82 Å². The number of nitrogens with one attached hydrogen (secondary N) is 1. The van der Waals surface area contributed by atoms with E-state index in [1.807, 2.05) is 13.8 Å². The predicted molar refractivity (Wildman–Crippen MR) is 95.3 cm³/mol. The maximum Gasteiger partial charge on any atom is 0.244 e. The molecule has 24 heavy (non-hydrogen) atoms. The maximum atomic E-state index is 12.3. The van der Waals surface area contributed by atoms with Gasteiger partial charge in [-0.05, 0) is 19.3 Å². The number of aryl methyl sites for hydroxylation is 1. The Balaban J connectivity index is 0.00000529. The van der Waals surface area contributed by atoms with Gasteiger partial charge >= 0.3 is 0 Å². The number of amides is 1. The average molecular weight is 382 g/mol. The minimum Gasteiger partial charge on any atom is -0.344 e. The van der Waals surface area contributed by atoms with E-state index in [1.165, 1.54) is 28.9 Å². The number of sulfonamides is 1. The molecule has 0 saturated heterocycles. The van der Waals surface area contributed by atoms with Crippen LogP contribution in [0.15, 0.2) is 17.3 Å².